The predicted octanol–water partition coefficient (Wildman–Crippen LogP) is 4.95. The molecular formula is C20H23N3O. The van der Waals surface area contributed by atoms with Crippen LogP contribution in [0.3, 0.4) is 0 Å². The zero-order valence-corrected chi connectivity index (χ0v) is 14.8. The van der Waals surface area contributed by atoms with Gasteiger partial charge in [0.1, 0.15) is 6.17 Å². The zero-order valence-electron chi connectivity index (χ0n) is 15.8. The number of fused-ring (bicyclic) bond motifs is 3. The van der Waals surface area contributed by atoms with Crippen LogP contribution in [0.2, 0.25) is 0 Å². The molecule has 0 saturated carbocycles. The third-order valence-electron chi connectivity index (χ3n) is 4.79. The Labute approximate surface area is 143 Å². The Morgan fingerprint density at radius 2 is 1.88 bits per heavy atom. The van der Waals surface area contributed by atoms with Gasteiger partial charge in [-0.1, -0.05) is 12.1 Å². The average Bonchev–Trinajstić information content (AvgIpc) is 3.07. The van der Waals surface area contributed by atoms with E-state index in [4.69, 9.17) is 5.79 Å². The summed E-state index contributed by atoms with van der Waals surface area (Å²) in [6, 6.07) is 7.64. The van der Waals surface area contributed by atoms with Crippen molar-refractivity contribution >= 4 is 27.8 Å². The Hall–Kier alpha value is -2.49. The Morgan fingerprint density at radius 3 is 2.58 bits per heavy atom. The Balaban J connectivity index is 1.92. The highest BCUT2D eigenvalue weighted by molar-refractivity contribution is 6.08. The van der Waals surface area contributed by atoms with E-state index < -0.39 is 6.02 Å². The molecule has 1 aliphatic rings. The first-order chi connectivity index (χ1) is 11.8. The van der Waals surface area contributed by atoms with E-state index in [0.29, 0.717) is 5.71 Å². The summed E-state index contributed by atoms with van der Waals surface area (Å²) in [6.45, 7) is 9.98. The molecule has 0 amide bonds. The van der Waals surface area contributed by atoms with Gasteiger partial charge < -0.3 is 14.2 Å². The molecule has 2 aromatic heterocycles. The van der Waals surface area contributed by atoms with Crippen molar-refractivity contribution in [3.63, 3.8) is 0 Å². The lowest BCUT2D eigenvalue weighted by Crippen LogP contribution is -2.39. The fraction of sp³-hybridized carbons (Fsp3) is 0.350. The van der Waals surface area contributed by atoms with Gasteiger partial charge in [-0.3, -0.25) is 0 Å². The number of benzene rings is 1. The fourth-order valence-electron chi connectivity index (χ4n) is 3.53. The molecule has 0 radical (unpaired) electrons. The number of aromatic nitrogens is 1. The third-order valence-corrected chi connectivity index (χ3v) is 4.79. The SMILES string of the molecule is [2H]C(C)(C)N1C=CN(c2c(C)ccc3c2oc2nc(C)ccc23)[C@H]1C. The molecule has 1 atom stereocenters. The van der Waals surface area contributed by atoms with Gasteiger partial charge in [-0.2, -0.15) is 0 Å². The Bertz CT molecular complexity index is 999. The Morgan fingerprint density at radius 1 is 1.12 bits per heavy atom. The van der Waals surface area contributed by atoms with Crippen LogP contribution in [-0.2, 0) is 0 Å². The predicted molar refractivity (Wildman–Crippen MR) is 99.0 cm³/mol. The smallest absolute Gasteiger partial charge is 0.227 e. The van der Waals surface area contributed by atoms with Crippen LogP contribution < -0.4 is 4.90 Å². The van der Waals surface area contributed by atoms with Crippen LogP contribution in [0.4, 0.5) is 5.69 Å². The van der Waals surface area contributed by atoms with Gasteiger partial charge in [0.05, 0.1) is 7.06 Å². The number of rotatable bonds is 2. The van der Waals surface area contributed by atoms with Crippen molar-refractivity contribution in [2.45, 2.75) is 46.8 Å². The molecule has 1 aromatic carbocycles. The van der Waals surface area contributed by atoms with Crippen LogP contribution in [-0.4, -0.2) is 22.1 Å². The van der Waals surface area contributed by atoms with Crippen molar-refractivity contribution in [1.29, 1.82) is 0 Å². The lowest BCUT2D eigenvalue weighted by Gasteiger charge is -2.33. The molecule has 0 N–H and O–H groups in total. The summed E-state index contributed by atoms with van der Waals surface area (Å²) >= 11 is 0. The summed E-state index contributed by atoms with van der Waals surface area (Å²) in [5.41, 5.74) is 4.67. The second kappa shape index (κ2) is 5.26. The van der Waals surface area contributed by atoms with E-state index in [1.165, 1.54) is 0 Å². The molecule has 4 nitrogen and oxygen atoms in total. The topological polar surface area (TPSA) is 32.5 Å². The van der Waals surface area contributed by atoms with Crippen LogP contribution >= 0.6 is 0 Å². The molecule has 4 heteroatoms. The summed E-state index contributed by atoms with van der Waals surface area (Å²) in [7, 11) is 0. The van der Waals surface area contributed by atoms with E-state index in [0.717, 1.165) is 33.3 Å². The van der Waals surface area contributed by atoms with E-state index in [9.17, 15) is 0 Å². The van der Waals surface area contributed by atoms with Crippen molar-refractivity contribution in [2.75, 3.05) is 4.90 Å². The number of nitrogens with zero attached hydrogens (tertiary/aromatic N) is 3. The van der Waals surface area contributed by atoms with Gasteiger partial charge in [0.25, 0.3) is 0 Å². The van der Waals surface area contributed by atoms with Crippen molar-refractivity contribution < 1.29 is 5.79 Å². The quantitative estimate of drug-likeness (QED) is 0.668. The molecule has 0 saturated heterocycles. The molecule has 0 aliphatic carbocycles. The van der Waals surface area contributed by atoms with Crippen LogP contribution in [0.1, 0.15) is 33.4 Å². The molecule has 3 aromatic rings. The first-order valence-corrected chi connectivity index (χ1v) is 8.32. The van der Waals surface area contributed by atoms with Crippen LogP contribution in [0.25, 0.3) is 22.1 Å². The van der Waals surface area contributed by atoms with Gasteiger partial charge >= 0.3 is 0 Å². The number of anilines is 1. The first kappa shape index (κ1) is 13.9. The van der Waals surface area contributed by atoms with Crippen LogP contribution in [0.5, 0.6) is 0 Å². The summed E-state index contributed by atoms with van der Waals surface area (Å²) < 4.78 is 14.5. The monoisotopic (exact) mass is 322 g/mol. The summed E-state index contributed by atoms with van der Waals surface area (Å²) in [4.78, 5) is 8.76. The number of hydrogen-bond acceptors (Lipinski definition) is 4. The lowest BCUT2D eigenvalue weighted by molar-refractivity contribution is 0.263. The second-order valence-electron chi connectivity index (χ2n) is 6.71. The molecule has 24 heavy (non-hydrogen) atoms. The average molecular weight is 322 g/mol. The second-order valence-corrected chi connectivity index (χ2v) is 6.71. The molecule has 0 spiro atoms. The van der Waals surface area contributed by atoms with Gasteiger partial charge in [-0.15, -0.1) is 0 Å². The fourth-order valence-corrected chi connectivity index (χ4v) is 3.53. The Kier molecular flexibility index (Phi) is 3.05. The molecular weight excluding hydrogens is 298 g/mol. The van der Waals surface area contributed by atoms with Gasteiger partial charge in [0, 0.05) is 34.9 Å². The molecule has 1 aliphatic heterocycles. The minimum absolute atomic E-state index is 0.0414. The van der Waals surface area contributed by atoms with E-state index in [2.05, 4.69) is 41.9 Å². The number of pyridine rings is 1. The largest absolute Gasteiger partial charge is 0.435 e. The number of hydrogen-bond donors (Lipinski definition) is 0. The first-order valence-electron chi connectivity index (χ1n) is 8.82. The molecule has 4 rings (SSSR count). The van der Waals surface area contributed by atoms with E-state index in [1.54, 1.807) is 0 Å². The minimum Gasteiger partial charge on any atom is -0.435 e. The van der Waals surface area contributed by atoms with Crippen LogP contribution in [0, 0.1) is 13.8 Å². The highest BCUT2D eigenvalue weighted by Crippen LogP contribution is 2.39. The number of aryl methyl sites for hydroxylation is 2. The van der Waals surface area contributed by atoms with Gasteiger partial charge in [0.2, 0.25) is 5.71 Å². The van der Waals surface area contributed by atoms with Crippen molar-refractivity contribution in [2.24, 2.45) is 0 Å². The normalized spacial score (nSPS) is 18.9. The third kappa shape index (κ3) is 2.09. The molecule has 124 valence electrons. The maximum atomic E-state index is 8.35. The maximum Gasteiger partial charge on any atom is 0.227 e. The van der Waals surface area contributed by atoms with E-state index >= 15 is 0 Å². The summed E-state index contributed by atoms with van der Waals surface area (Å²) in [5.74, 6) is 0. The molecule has 0 bridgehead atoms. The van der Waals surface area contributed by atoms with Gasteiger partial charge in [-0.05, 0) is 52.3 Å². The van der Waals surface area contributed by atoms with Gasteiger partial charge in [0.15, 0.2) is 5.58 Å². The highest BCUT2D eigenvalue weighted by Gasteiger charge is 2.28. The molecule has 0 fully saturated rings. The zero-order chi connectivity index (χ0) is 17.9. The standard InChI is InChI=1S/C20H23N3O/c1-12(2)22-10-11-23(15(22)5)18-13(3)6-8-16-17-9-7-14(4)21-20(17)24-19(16)18/h6-12,15H,1-5H3/t15-/m0/s1/i12D. The van der Waals surface area contributed by atoms with Crippen LogP contribution in [0.15, 0.2) is 41.1 Å². The summed E-state index contributed by atoms with van der Waals surface area (Å²) in [5, 5.41) is 2.11. The van der Waals surface area contributed by atoms with Crippen molar-refractivity contribution in [1.82, 2.24) is 9.88 Å². The number of furan rings is 1. The maximum absolute atomic E-state index is 8.35. The van der Waals surface area contributed by atoms with E-state index in [1.807, 2.05) is 44.1 Å². The lowest BCUT2D eigenvalue weighted by atomic mass is 10.1. The highest BCUT2D eigenvalue weighted by atomic mass is 16.3. The van der Waals surface area contributed by atoms with Crippen molar-refractivity contribution in [3.8, 4) is 0 Å². The molecule has 0 unspecified atom stereocenters. The van der Waals surface area contributed by atoms with E-state index in [-0.39, 0.29) is 6.17 Å². The summed E-state index contributed by atoms with van der Waals surface area (Å²) in [6.07, 6.45) is 4.06. The molecule has 3 heterocycles. The van der Waals surface area contributed by atoms with Crippen molar-refractivity contribution in [3.05, 3.63) is 47.9 Å². The van der Waals surface area contributed by atoms with Gasteiger partial charge in [-0.25, -0.2) is 4.98 Å². The minimum atomic E-state index is -0.682.